The van der Waals surface area contributed by atoms with Crippen molar-refractivity contribution in [3.8, 4) is 0 Å². The van der Waals surface area contributed by atoms with Crippen molar-refractivity contribution in [2.75, 3.05) is 26.8 Å². The molecule has 1 aliphatic carbocycles. The van der Waals surface area contributed by atoms with Gasteiger partial charge in [0.05, 0.1) is 19.8 Å². The Labute approximate surface area is 89.5 Å². The average molecular weight is 214 g/mol. The molecule has 1 saturated carbocycles. The third-order valence-corrected chi connectivity index (χ3v) is 3.68. The van der Waals surface area contributed by atoms with Gasteiger partial charge in [-0.05, 0) is 19.9 Å². The standard InChI is InChI=1S/C10H18N2O3/c1-11-9(8-12-13)2-4-10(5-3-9)14-6-7-15-10/h11H,2-8H2,1H3. The molecule has 5 heteroatoms. The summed E-state index contributed by atoms with van der Waals surface area (Å²) in [7, 11) is 1.89. The maximum atomic E-state index is 10.4. The fourth-order valence-electron chi connectivity index (χ4n) is 2.51. The van der Waals surface area contributed by atoms with E-state index in [4.69, 9.17) is 9.47 Å². The van der Waals surface area contributed by atoms with Gasteiger partial charge in [0.2, 0.25) is 0 Å². The zero-order valence-electron chi connectivity index (χ0n) is 9.12. The van der Waals surface area contributed by atoms with E-state index in [1.165, 1.54) is 0 Å². The van der Waals surface area contributed by atoms with E-state index in [1.54, 1.807) is 0 Å². The summed E-state index contributed by atoms with van der Waals surface area (Å²) in [6.45, 7) is 1.72. The fourth-order valence-corrected chi connectivity index (χ4v) is 2.51. The smallest absolute Gasteiger partial charge is 0.168 e. The van der Waals surface area contributed by atoms with E-state index in [1.807, 2.05) is 7.05 Å². The Morgan fingerprint density at radius 1 is 1.20 bits per heavy atom. The highest BCUT2D eigenvalue weighted by atomic mass is 16.7. The van der Waals surface area contributed by atoms with Crippen molar-refractivity contribution in [1.82, 2.24) is 5.32 Å². The molecule has 1 aliphatic heterocycles. The molecule has 0 aromatic carbocycles. The third kappa shape index (κ3) is 2.04. The monoisotopic (exact) mass is 214 g/mol. The number of rotatable bonds is 3. The van der Waals surface area contributed by atoms with Gasteiger partial charge in [0.25, 0.3) is 0 Å². The molecule has 0 radical (unpaired) electrons. The lowest BCUT2D eigenvalue weighted by atomic mass is 9.79. The van der Waals surface area contributed by atoms with Crippen molar-refractivity contribution in [3.63, 3.8) is 0 Å². The van der Waals surface area contributed by atoms with Crippen LogP contribution in [0.1, 0.15) is 25.7 Å². The van der Waals surface area contributed by atoms with Gasteiger partial charge in [0.1, 0.15) is 0 Å². The molecule has 1 spiro atoms. The lowest BCUT2D eigenvalue weighted by Crippen LogP contribution is -2.52. The Bertz CT molecular complexity index is 229. The van der Waals surface area contributed by atoms with E-state index in [2.05, 4.69) is 10.5 Å². The van der Waals surface area contributed by atoms with Crippen molar-refractivity contribution in [1.29, 1.82) is 0 Å². The van der Waals surface area contributed by atoms with Crippen LogP contribution in [-0.4, -0.2) is 38.1 Å². The molecule has 1 heterocycles. The summed E-state index contributed by atoms with van der Waals surface area (Å²) in [6.07, 6.45) is 3.47. The zero-order valence-corrected chi connectivity index (χ0v) is 9.12. The molecule has 0 aromatic heterocycles. The van der Waals surface area contributed by atoms with Gasteiger partial charge in [-0.25, -0.2) is 0 Å². The van der Waals surface area contributed by atoms with E-state index in [-0.39, 0.29) is 11.3 Å². The molecule has 86 valence electrons. The van der Waals surface area contributed by atoms with E-state index in [9.17, 15) is 4.91 Å². The van der Waals surface area contributed by atoms with Crippen LogP contribution >= 0.6 is 0 Å². The van der Waals surface area contributed by atoms with Crippen LogP contribution in [-0.2, 0) is 9.47 Å². The van der Waals surface area contributed by atoms with Gasteiger partial charge in [-0.3, -0.25) is 0 Å². The van der Waals surface area contributed by atoms with Gasteiger partial charge >= 0.3 is 0 Å². The maximum absolute atomic E-state index is 10.4. The number of hydrogen-bond donors (Lipinski definition) is 1. The molecule has 2 fully saturated rings. The molecule has 0 bridgehead atoms. The van der Waals surface area contributed by atoms with Crippen LogP contribution in [0.5, 0.6) is 0 Å². The minimum Gasteiger partial charge on any atom is -0.348 e. The summed E-state index contributed by atoms with van der Waals surface area (Å²) in [5.74, 6) is -0.358. The van der Waals surface area contributed by atoms with Crippen LogP contribution in [0.2, 0.25) is 0 Å². The predicted molar refractivity (Wildman–Crippen MR) is 55.6 cm³/mol. The van der Waals surface area contributed by atoms with Crippen molar-refractivity contribution in [3.05, 3.63) is 4.91 Å². The molecule has 2 rings (SSSR count). The molecule has 5 nitrogen and oxygen atoms in total. The van der Waals surface area contributed by atoms with E-state index in [0.717, 1.165) is 25.7 Å². The topological polar surface area (TPSA) is 59.9 Å². The van der Waals surface area contributed by atoms with Gasteiger partial charge < -0.3 is 14.8 Å². The normalized spacial score (nSPS) is 28.1. The van der Waals surface area contributed by atoms with E-state index < -0.39 is 0 Å². The van der Waals surface area contributed by atoms with Gasteiger partial charge in [0, 0.05) is 18.4 Å². The Hall–Kier alpha value is -0.520. The van der Waals surface area contributed by atoms with Crippen LogP contribution in [0.3, 0.4) is 0 Å². The van der Waals surface area contributed by atoms with Gasteiger partial charge in [-0.1, -0.05) is 5.18 Å². The summed E-state index contributed by atoms with van der Waals surface area (Å²) in [4.78, 5) is 10.4. The van der Waals surface area contributed by atoms with Crippen LogP contribution in [0.25, 0.3) is 0 Å². The summed E-state index contributed by atoms with van der Waals surface area (Å²) < 4.78 is 11.3. The first-order valence-electron chi connectivity index (χ1n) is 5.50. The highest BCUT2D eigenvalue weighted by molar-refractivity contribution is 4.97. The largest absolute Gasteiger partial charge is 0.348 e. The minimum atomic E-state index is -0.358. The van der Waals surface area contributed by atoms with Crippen LogP contribution in [0, 0.1) is 4.91 Å². The lowest BCUT2D eigenvalue weighted by molar-refractivity contribution is -0.185. The van der Waals surface area contributed by atoms with Gasteiger partial charge in [-0.15, -0.1) is 0 Å². The minimum absolute atomic E-state index is 0.137. The number of nitroso groups, excluding NO2 is 1. The third-order valence-electron chi connectivity index (χ3n) is 3.68. The SMILES string of the molecule is CNC1(CN=O)CCC2(CC1)OCCO2. The molecular formula is C10H18N2O3. The second kappa shape index (κ2) is 4.15. The first kappa shape index (κ1) is 11.0. The molecule has 0 atom stereocenters. The second-order valence-electron chi connectivity index (χ2n) is 4.43. The van der Waals surface area contributed by atoms with Crippen LogP contribution in [0.4, 0.5) is 0 Å². The van der Waals surface area contributed by atoms with Gasteiger partial charge in [-0.2, -0.15) is 4.91 Å². The molecule has 2 aliphatic rings. The Morgan fingerprint density at radius 2 is 1.80 bits per heavy atom. The van der Waals surface area contributed by atoms with Crippen molar-refractivity contribution >= 4 is 0 Å². The predicted octanol–water partition coefficient (Wildman–Crippen LogP) is 1.03. The molecule has 1 N–H and O–H groups in total. The first-order valence-corrected chi connectivity index (χ1v) is 5.50. The summed E-state index contributed by atoms with van der Waals surface area (Å²) >= 11 is 0. The van der Waals surface area contributed by atoms with Crippen LogP contribution < -0.4 is 5.32 Å². The number of nitrogens with one attached hydrogen (secondary N) is 1. The van der Waals surface area contributed by atoms with Crippen molar-refractivity contribution in [2.24, 2.45) is 5.18 Å². The van der Waals surface area contributed by atoms with Crippen LogP contribution in [0.15, 0.2) is 5.18 Å². The Balaban J connectivity index is 1.97. The summed E-state index contributed by atoms with van der Waals surface area (Å²) in [5.41, 5.74) is -0.137. The fraction of sp³-hybridized carbons (Fsp3) is 1.00. The second-order valence-corrected chi connectivity index (χ2v) is 4.43. The lowest BCUT2D eigenvalue weighted by Gasteiger charge is -2.42. The molecule has 1 saturated heterocycles. The number of hydrogen-bond acceptors (Lipinski definition) is 5. The van der Waals surface area contributed by atoms with Crippen molar-refractivity contribution < 1.29 is 9.47 Å². The zero-order chi connectivity index (χ0) is 10.8. The highest BCUT2D eigenvalue weighted by Gasteiger charge is 2.45. The molecule has 0 aromatic rings. The molecular weight excluding hydrogens is 196 g/mol. The molecule has 15 heavy (non-hydrogen) atoms. The average Bonchev–Trinajstić information content (AvgIpc) is 2.72. The van der Waals surface area contributed by atoms with Crippen molar-refractivity contribution in [2.45, 2.75) is 37.0 Å². The first-order chi connectivity index (χ1) is 7.24. The molecule has 0 amide bonds. The Kier molecular flexibility index (Phi) is 3.04. The highest BCUT2D eigenvalue weighted by Crippen LogP contribution is 2.40. The quantitative estimate of drug-likeness (QED) is 0.713. The van der Waals surface area contributed by atoms with Gasteiger partial charge in [0.15, 0.2) is 5.79 Å². The van der Waals surface area contributed by atoms with E-state index >= 15 is 0 Å². The number of nitrogens with zero attached hydrogens (tertiary/aromatic N) is 1. The summed E-state index contributed by atoms with van der Waals surface area (Å²) in [6, 6.07) is 0. The molecule has 0 unspecified atom stereocenters. The van der Waals surface area contributed by atoms with E-state index in [0.29, 0.717) is 19.8 Å². The number of likely N-dealkylation sites (N-methyl/N-ethyl adjacent to an activating group) is 1. The number of ether oxygens (including phenoxy) is 2. The Morgan fingerprint density at radius 3 is 2.27 bits per heavy atom. The maximum Gasteiger partial charge on any atom is 0.168 e. The summed E-state index contributed by atoms with van der Waals surface area (Å²) in [5, 5.41) is 6.24.